The predicted molar refractivity (Wildman–Crippen MR) is 56.1 cm³/mol. The maximum absolute atomic E-state index is 11.7. The van der Waals surface area contributed by atoms with E-state index in [1.165, 1.54) is 0 Å². The number of rotatable bonds is 2. The molecule has 0 amide bonds. The Morgan fingerprint density at radius 2 is 2.47 bits per heavy atom. The first-order valence-corrected chi connectivity index (χ1v) is 5.45. The maximum atomic E-state index is 11.7. The Labute approximate surface area is 89.8 Å². The average Bonchev–Trinajstić information content (AvgIpc) is 2.54. The maximum Gasteiger partial charge on any atom is 0.337 e. The minimum absolute atomic E-state index is 0.0538. The number of hydrogen-bond acceptors (Lipinski definition) is 3. The minimum Gasteiger partial charge on any atom is -0.490 e. The number of carbonyl (C=O) groups is 1. The molecular formula is C12H16O3. The molecule has 0 saturated heterocycles. The van der Waals surface area contributed by atoms with Crippen LogP contribution in [0.4, 0.5) is 0 Å². The van der Waals surface area contributed by atoms with Gasteiger partial charge in [0.05, 0.1) is 12.2 Å². The number of fused-ring (bicyclic) bond motifs is 1. The summed E-state index contributed by atoms with van der Waals surface area (Å²) < 4.78 is 10.7. The van der Waals surface area contributed by atoms with Crippen LogP contribution in [0, 0.1) is 5.92 Å². The highest BCUT2D eigenvalue weighted by Crippen LogP contribution is 2.38. The summed E-state index contributed by atoms with van der Waals surface area (Å²) in [7, 11) is 0. The van der Waals surface area contributed by atoms with Gasteiger partial charge in [-0.25, -0.2) is 4.79 Å². The lowest BCUT2D eigenvalue weighted by Crippen LogP contribution is -2.23. The Hall–Kier alpha value is -1.25. The SMILES string of the molecule is CCOC(=O)C1=C(C)O[C@@H]2C=CCC[C@@H]12. The molecule has 15 heavy (non-hydrogen) atoms. The van der Waals surface area contributed by atoms with E-state index in [4.69, 9.17) is 9.47 Å². The molecule has 1 aliphatic carbocycles. The van der Waals surface area contributed by atoms with E-state index in [0.717, 1.165) is 24.2 Å². The summed E-state index contributed by atoms with van der Waals surface area (Å²) in [6.45, 7) is 4.09. The van der Waals surface area contributed by atoms with E-state index in [0.29, 0.717) is 6.61 Å². The zero-order valence-corrected chi connectivity index (χ0v) is 9.16. The van der Waals surface area contributed by atoms with Crippen molar-refractivity contribution in [3.05, 3.63) is 23.5 Å². The van der Waals surface area contributed by atoms with Crippen LogP contribution in [0.5, 0.6) is 0 Å². The Morgan fingerprint density at radius 3 is 3.20 bits per heavy atom. The highest BCUT2D eigenvalue weighted by atomic mass is 16.5. The molecular weight excluding hydrogens is 192 g/mol. The van der Waals surface area contributed by atoms with Crippen LogP contribution in [0.1, 0.15) is 26.7 Å². The molecule has 2 rings (SSSR count). The molecule has 0 bridgehead atoms. The zero-order valence-electron chi connectivity index (χ0n) is 9.16. The Balaban J connectivity index is 2.19. The van der Waals surface area contributed by atoms with Crippen LogP contribution in [0.25, 0.3) is 0 Å². The van der Waals surface area contributed by atoms with E-state index < -0.39 is 0 Å². The van der Waals surface area contributed by atoms with Gasteiger partial charge in [-0.15, -0.1) is 0 Å². The van der Waals surface area contributed by atoms with Crippen molar-refractivity contribution in [1.29, 1.82) is 0 Å². The van der Waals surface area contributed by atoms with E-state index in [9.17, 15) is 4.79 Å². The van der Waals surface area contributed by atoms with Gasteiger partial charge in [0.25, 0.3) is 0 Å². The van der Waals surface area contributed by atoms with Crippen LogP contribution >= 0.6 is 0 Å². The highest BCUT2D eigenvalue weighted by molar-refractivity contribution is 5.90. The smallest absolute Gasteiger partial charge is 0.337 e. The van der Waals surface area contributed by atoms with Crippen molar-refractivity contribution in [2.45, 2.75) is 32.8 Å². The zero-order chi connectivity index (χ0) is 10.8. The Kier molecular flexibility index (Phi) is 2.80. The van der Waals surface area contributed by atoms with Gasteiger partial charge in [-0.05, 0) is 32.8 Å². The van der Waals surface area contributed by atoms with Gasteiger partial charge in [0.15, 0.2) is 0 Å². The van der Waals surface area contributed by atoms with Crippen molar-refractivity contribution in [3.8, 4) is 0 Å². The number of allylic oxidation sites excluding steroid dienone is 2. The van der Waals surface area contributed by atoms with E-state index >= 15 is 0 Å². The third-order valence-corrected chi connectivity index (χ3v) is 2.92. The first-order chi connectivity index (χ1) is 7.24. The summed E-state index contributed by atoms with van der Waals surface area (Å²) in [5.41, 5.74) is 0.742. The molecule has 2 aliphatic rings. The molecule has 0 spiro atoms. The van der Waals surface area contributed by atoms with Gasteiger partial charge in [0.2, 0.25) is 0 Å². The number of hydrogen-bond donors (Lipinski definition) is 0. The molecule has 0 N–H and O–H groups in total. The third-order valence-electron chi connectivity index (χ3n) is 2.92. The summed E-state index contributed by atoms with van der Waals surface area (Å²) in [4.78, 5) is 11.7. The molecule has 0 fully saturated rings. The lowest BCUT2D eigenvalue weighted by atomic mass is 9.86. The molecule has 2 atom stereocenters. The minimum atomic E-state index is -0.210. The van der Waals surface area contributed by atoms with Crippen molar-refractivity contribution in [2.24, 2.45) is 5.92 Å². The molecule has 0 saturated carbocycles. The normalized spacial score (nSPS) is 28.7. The van der Waals surface area contributed by atoms with Crippen molar-refractivity contribution in [1.82, 2.24) is 0 Å². The van der Waals surface area contributed by atoms with Crippen LogP contribution in [0.2, 0.25) is 0 Å². The third kappa shape index (κ3) is 1.78. The summed E-state index contributed by atoms with van der Waals surface area (Å²) in [6, 6.07) is 0. The summed E-state index contributed by atoms with van der Waals surface area (Å²) in [5, 5.41) is 0. The van der Waals surface area contributed by atoms with Gasteiger partial charge < -0.3 is 9.47 Å². The monoisotopic (exact) mass is 208 g/mol. The molecule has 1 heterocycles. The van der Waals surface area contributed by atoms with Crippen LogP contribution in [-0.2, 0) is 14.3 Å². The summed E-state index contributed by atoms with van der Waals surface area (Å²) in [5.74, 6) is 0.724. The van der Waals surface area contributed by atoms with E-state index in [1.54, 1.807) is 0 Å². The molecule has 3 nitrogen and oxygen atoms in total. The van der Waals surface area contributed by atoms with Crippen molar-refractivity contribution in [3.63, 3.8) is 0 Å². The van der Waals surface area contributed by atoms with Gasteiger partial charge in [0, 0.05) is 5.92 Å². The Bertz CT molecular complexity index is 328. The number of esters is 1. The standard InChI is InChI=1S/C12H16O3/c1-3-14-12(13)11-8(2)15-10-7-5-4-6-9(10)11/h5,7,9-10H,3-4,6H2,1-2H3/t9-,10-/m1/s1. The molecule has 1 aliphatic heterocycles. The van der Waals surface area contributed by atoms with Crippen molar-refractivity contribution in [2.75, 3.05) is 6.61 Å². The first-order valence-electron chi connectivity index (χ1n) is 5.45. The van der Waals surface area contributed by atoms with Gasteiger partial charge in [0.1, 0.15) is 11.9 Å². The van der Waals surface area contributed by atoms with E-state index in [1.807, 2.05) is 19.9 Å². The fourth-order valence-corrected chi connectivity index (χ4v) is 2.27. The number of ether oxygens (including phenoxy) is 2. The van der Waals surface area contributed by atoms with Gasteiger partial charge in [-0.3, -0.25) is 0 Å². The van der Waals surface area contributed by atoms with Crippen LogP contribution in [-0.4, -0.2) is 18.7 Å². The quantitative estimate of drug-likeness (QED) is 0.515. The van der Waals surface area contributed by atoms with Crippen LogP contribution in [0.15, 0.2) is 23.5 Å². The van der Waals surface area contributed by atoms with Gasteiger partial charge in [-0.2, -0.15) is 0 Å². The molecule has 0 aromatic heterocycles. The second-order valence-electron chi connectivity index (χ2n) is 3.88. The fourth-order valence-electron chi connectivity index (χ4n) is 2.27. The number of carbonyl (C=O) groups excluding carboxylic acids is 1. The van der Waals surface area contributed by atoms with Crippen LogP contribution < -0.4 is 0 Å². The lowest BCUT2D eigenvalue weighted by Gasteiger charge is -2.20. The molecule has 0 aromatic rings. The average molecular weight is 208 g/mol. The second kappa shape index (κ2) is 4.09. The molecule has 82 valence electrons. The molecule has 0 unspecified atom stereocenters. The first kappa shape index (κ1) is 10.3. The predicted octanol–water partition coefficient (Wildman–Crippen LogP) is 2.19. The van der Waals surface area contributed by atoms with Gasteiger partial charge in [-0.1, -0.05) is 6.08 Å². The lowest BCUT2D eigenvalue weighted by molar-refractivity contribution is -0.139. The molecule has 0 radical (unpaired) electrons. The van der Waals surface area contributed by atoms with E-state index in [-0.39, 0.29) is 18.0 Å². The second-order valence-corrected chi connectivity index (χ2v) is 3.88. The summed E-state index contributed by atoms with van der Waals surface area (Å²) in [6.07, 6.45) is 6.21. The van der Waals surface area contributed by atoms with Crippen molar-refractivity contribution < 1.29 is 14.3 Å². The highest BCUT2D eigenvalue weighted by Gasteiger charge is 2.38. The van der Waals surface area contributed by atoms with E-state index in [2.05, 4.69) is 6.08 Å². The fraction of sp³-hybridized carbons (Fsp3) is 0.583. The molecule has 3 heteroatoms. The van der Waals surface area contributed by atoms with Gasteiger partial charge >= 0.3 is 5.97 Å². The topological polar surface area (TPSA) is 35.5 Å². The Morgan fingerprint density at radius 1 is 1.67 bits per heavy atom. The van der Waals surface area contributed by atoms with Crippen molar-refractivity contribution >= 4 is 5.97 Å². The summed E-state index contributed by atoms with van der Waals surface area (Å²) >= 11 is 0. The van der Waals surface area contributed by atoms with Crippen LogP contribution in [0.3, 0.4) is 0 Å². The largest absolute Gasteiger partial charge is 0.490 e. The molecule has 0 aromatic carbocycles.